The summed E-state index contributed by atoms with van der Waals surface area (Å²) < 4.78 is 4.84. The number of aromatic nitrogens is 1. The van der Waals surface area contributed by atoms with Gasteiger partial charge >= 0.3 is 5.97 Å². The van der Waals surface area contributed by atoms with Gasteiger partial charge in [0.05, 0.1) is 6.61 Å². The normalized spacial score (nSPS) is 17.0. The summed E-state index contributed by atoms with van der Waals surface area (Å²) in [5, 5.41) is 3.10. The minimum absolute atomic E-state index is 0.260. The van der Waals surface area contributed by atoms with E-state index in [1.54, 1.807) is 11.3 Å². The Labute approximate surface area is 117 Å². The number of rotatable bonds is 5. The van der Waals surface area contributed by atoms with E-state index in [0.717, 1.165) is 37.9 Å². The number of esters is 1. The number of anilines is 1. The maximum absolute atomic E-state index is 11.1. The summed E-state index contributed by atoms with van der Waals surface area (Å²) in [6, 6.07) is 0. The van der Waals surface area contributed by atoms with Crippen molar-refractivity contribution in [2.75, 3.05) is 44.2 Å². The summed E-state index contributed by atoms with van der Waals surface area (Å²) in [7, 11) is 0. The van der Waals surface area contributed by atoms with Crippen LogP contribution in [0.5, 0.6) is 0 Å². The smallest absolute Gasteiger partial charge is 0.330 e. The fourth-order valence-electron chi connectivity index (χ4n) is 1.98. The summed E-state index contributed by atoms with van der Waals surface area (Å²) in [5.41, 5.74) is 0. The van der Waals surface area contributed by atoms with Gasteiger partial charge in [0.15, 0.2) is 5.13 Å². The van der Waals surface area contributed by atoms with E-state index in [-0.39, 0.29) is 5.97 Å². The van der Waals surface area contributed by atoms with Crippen LogP contribution >= 0.6 is 11.3 Å². The van der Waals surface area contributed by atoms with Crippen LogP contribution in [0, 0.1) is 0 Å². The molecule has 1 aromatic rings. The average Bonchev–Trinajstić information content (AvgIpc) is 2.94. The number of carbonyl (C=O) groups is 1. The third-order valence-corrected chi connectivity index (χ3v) is 3.80. The van der Waals surface area contributed by atoms with Crippen LogP contribution in [-0.2, 0) is 9.53 Å². The molecule has 1 aliphatic rings. The molecule has 104 valence electrons. The van der Waals surface area contributed by atoms with Crippen molar-refractivity contribution in [3.63, 3.8) is 0 Å². The van der Waals surface area contributed by atoms with Gasteiger partial charge < -0.3 is 9.64 Å². The van der Waals surface area contributed by atoms with Gasteiger partial charge in [0.25, 0.3) is 0 Å². The van der Waals surface area contributed by atoms with Gasteiger partial charge in [0, 0.05) is 50.4 Å². The molecule has 0 amide bonds. The SMILES string of the molecule is CCOC(=O)/C=C/CN1CCN(c2nccs2)CC1. The lowest BCUT2D eigenvalue weighted by molar-refractivity contribution is -0.137. The molecule has 1 fully saturated rings. The molecule has 5 nitrogen and oxygen atoms in total. The van der Waals surface area contributed by atoms with E-state index < -0.39 is 0 Å². The molecule has 0 radical (unpaired) electrons. The molecular weight excluding hydrogens is 262 g/mol. The molecule has 1 aromatic heterocycles. The Morgan fingerprint density at radius 2 is 2.26 bits per heavy atom. The second-order valence-corrected chi connectivity index (χ2v) is 5.13. The van der Waals surface area contributed by atoms with Crippen molar-refractivity contribution in [1.29, 1.82) is 0 Å². The van der Waals surface area contributed by atoms with Crippen LogP contribution in [0.25, 0.3) is 0 Å². The molecule has 6 heteroatoms. The van der Waals surface area contributed by atoms with E-state index in [9.17, 15) is 4.79 Å². The topological polar surface area (TPSA) is 45.7 Å². The van der Waals surface area contributed by atoms with Gasteiger partial charge in [-0.1, -0.05) is 6.08 Å². The van der Waals surface area contributed by atoms with Crippen molar-refractivity contribution < 1.29 is 9.53 Å². The third-order valence-electron chi connectivity index (χ3n) is 2.97. The van der Waals surface area contributed by atoms with Crippen molar-refractivity contribution >= 4 is 22.4 Å². The van der Waals surface area contributed by atoms with E-state index in [1.165, 1.54) is 6.08 Å². The number of hydrogen-bond donors (Lipinski definition) is 0. The average molecular weight is 281 g/mol. The van der Waals surface area contributed by atoms with Crippen LogP contribution in [0.2, 0.25) is 0 Å². The van der Waals surface area contributed by atoms with Crippen LogP contribution in [-0.4, -0.2) is 55.2 Å². The quantitative estimate of drug-likeness (QED) is 0.603. The molecule has 0 bridgehead atoms. The molecule has 0 N–H and O–H groups in total. The minimum atomic E-state index is -0.260. The highest BCUT2D eigenvalue weighted by atomic mass is 32.1. The number of carbonyl (C=O) groups excluding carboxylic acids is 1. The molecule has 0 spiro atoms. The van der Waals surface area contributed by atoms with Crippen LogP contribution in [0.1, 0.15) is 6.92 Å². The van der Waals surface area contributed by atoms with E-state index in [0.29, 0.717) is 6.61 Å². The maximum Gasteiger partial charge on any atom is 0.330 e. The lowest BCUT2D eigenvalue weighted by atomic mass is 10.3. The molecule has 0 saturated carbocycles. The van der Waals surface area contributed by atoms with Gasteiger partial charge in [-0.15, -0.1) is 11.3 Å². The molecule has 2 rings (SSSR count). The first-order valence-electron chi connectivity index (χ1n) is 6.49. The summed E-state index contributed by atoms with van der Waals surface area (Å²) >= 11 is 1.68. The van der Waals surface area contributed by atoms with E-state index in [4.69, 9.17) is 4.74 Å². The van der Waals surface area contributed by atoms with Crippen molar-refractivity contribution in [1.82, 2.24) is 9.88 Å². The van der Waals surface area contributed by atoms with Gasteiger partial charge in [0.1, 0.15) is 0 Å². The molecular formula is C13H19N3O2S. The monoisotopic (exact) mass is 281 g/mol. The second kappa shape index (κ2) is 7.25. The number of piperazine rings is 1. The van der Waals surface area contributed by atoms with Crippen LogP contribution in [0.3, 0.4) is 0 Å². The van der Waals surface area contributed by atoms with Crippen molar-refractivity contribution in [2.45, 2.75) is 6.92 Å². The van der Waals surface area contributed by atoms with Crippen LogP contribution in [0.15, 0.2) is 23.7 Å². The van der Waals surface area contributed by atoms with Crippen LogP contribution in [0.4, 0.5) is 5.13 Å². The maximum atomic E-state index is 11.1. The highest BCUT2D eigenvalue weighted by molar-refractivity contribution is 7.13. The lowest BCUT2D eigenvalue weighted by Crippen LogP contribution is -2.46. The summed E-state index contributed by atoms with van der Waals surface area (Å²) in [4.78, 5) is 20.1. The zero-order valence-electron chi connectivity index (χ0n) is 11.1. The van der Waals surface area contributed by atoms with E-state index in [1.807, 2.05) is 24.6 Å². The van der Waals surface area contributed by atoms with Gasteiger partial charge in [-0.05, 0) is 6.92 Å². The Morgan fingerprint density at radius 3 is 2.89 bits per heavy atom. The Kier molecular flexibility index (Phi) is 5.35. The highest BCUT2D eigenvalue weighted by Gasteiger charge is 2.17. The van der Waals surface area contributed by atoms with Gasteiger partial charge in [0.2, 0.25) is 0 Å². The molecule has 1 aliphatic heterocycles. The number of nitrogens with zero attached hydrogens (tertiary/aromatic N) is 3. The van der Waals surface area contributed by atoms with Crippen LogP contribution < -0.4 is 4.90 Å². The van der Waals surface area contributed by atoms with Crippen molar-refractivity contribution in [3.05, 3.63) is 23.7 Å². The molecule has 2 heterocycles. The Balaban J connectivity index is 1.70. The molecule has 0 unspecified atom stereocenters. The molecule has 0 aliphatic carbocycles. The Morgan fingerprint density at radius 1 is 1.47 bits per heavy atom. The minimum Gasteiger partial charge on any atom is -0.463 e. The van der Waals surface area contributed by atoms with E-state index in [2.05, 4.69) is 14.8 Å². The van der Waals surface area contributed by atoms with Gasteiger partial charge in [-0.2, -0.15) is 0 Å². The Hall–Kier alpha value is -1.40. The van der Waals surface area contributed by atoms with Crippen molar-refractivity contribution in [3.8, 4) is 0 Å². The zero-order chi connectivity index (χ0) is 13.5. The lowest BCUT2D eigenvalue weighted by Gasteiger charge is -2.33. The predicted molar refractivity (Wildman–Crippen MR) is 76.5 cm³/mol. The Bertz CT molecular complexity index is 412. The number of hydrogen-bond acceptors (Lipinski definition) is 6. The zero-order valence-corrected chi connectivity index (χ0v) is 11.9. The van der Waals surface area contributed by atoms with Crippen molar-refractivity contribution in [2.24, 2.45) is 0 Å². The fraction of sp³-hybridized carbons (Fsp3) is 0.538. The van der Waals surface area contributed by atoms with E-state index >= 15 is 0 Å². The first-order chi connectivity index (χ1) is 9.29. The predicted octanol–water partition coefficient (Wildman–Crippen LogP) is 1.38. The molecule has 0 atom stereocenters. The van der Waals surface area contributed by atoms with Gasteiger partial charge in [-0.25, -0.2) is 9.78 Å². The number of thiazole rings is 1. The molecule has 1 saturated heterocycles. The highest BCUT2D eigenvalue weighted by Crippen LogP contribution is 2.18. The first kappa shape index (κ1) is 14.0. The summed E-state index contributed by atoms with van der Waals surface area (Å²) in [6.07, 6.45) is 5.22. The summed E-state index contributed by atoms with van der Waals surface area (Å²) in [5.74, 6) is -0.260. The third kappa shape index (κ3) is 4.33. The molecule has 0 aromatic carbocycles. The molecule has 19 heavy (non-hydrogen) atoms. The second-order valence-electron chi connectivity index (χ2n) is 4.26. The number of ether oxygens (including phenoxy) is 1. The first-order valence-corrected chi connectivity index (χ1v) is 7.37. The fourth-order valence-corrected chi connectivity index (χ4v) is 2.68. The summed E-state index contributed by atoms with van der Waals surface area (Å²) in [6.45, 7) is 6.99. The largest absolute Gasteiger partial charge is 0.463 e. The standard InChI is InChI=1S/C13H19N3O2S/c1-2-18-12(17)4-3-6-15-7-9-16(10-8-15)13-14-5-11-19-13/h3-5,11H,2,6-10H2,1H3/b4-3+. The van der Waals surface area contributed by atoms with Gasteiger partial charge in [-0.3, -0.25) is 4.90 Å².